The summed E-state index contributed by atoms with van der Waals surface area (Å²) < 4.78 is 14.7. The second-order valence-corrected chi connectivity index (χ2v) is 19.4. The fourth-order valence-electron chi connectivity index (χ4n) is 8.56. The Labute approximate surface area is 390 Å². The molecule has 1 unspecified atom stereocenters. The number of imide groups is 1. The molecule has 11 heteroatoms. The highest BCUT2D eigenvalue weighted by atomic mass is 16.5. The molecule has 2 aliphatic carbocycles. The highest BCUT2D eigenvalue weighted by molar-refractivity contribution is 6.04. The van der Waals surface area contributed by atoms with Crippen LogP contribution in [0.2, 0.25) is 0 Å². The van der Waals surface area contributed by atoms with E-state index in [9.17, 15) is 24.3 Å². The summed E-state index contributed by atoms with van der Waals surface area (Å²) in [7, 11) is 1.66. The summed E-state index contributed by atoms with van der Waals surface area (Å²) in [6.07, 6.45) is 11.9. The van der Waals surface area contributed by atoms with Crippen molar-refractivity contribution in [3.05, 3.63) is 152 Å². The van der Waals surface area contributed by atoms with E-state index < -0.39 is 11.6 Å². The topological polar surface area (TPSA) is 123 Å². The summed E-state index contributed by atoms with van der Waals surface area (Å²) in [5, 5.41) is 9.24. The number of carbonyl (C=O) groups is 3. The van der Waals surface area contributed by atoms with Gasteiger partial charge in [0.2, 0.25) is 0 Å². The first kappa shape index (κ1) is 47.9. The molecule has 5 aromatic rings. The number of rotatable bonds is 20. The van der Waals surface area contributed by atoms with E-state index in [2.05, 4.69) is 70.2 Å². The molecule has 0 bridgehead atoms. The zero-order valence-corrected chi connectivity index (χ0v) is 40.0. The standard InChI is InChI=1S/C29H36N2O4.C26H32N2O3/c1-20-8-9-24(16-21(20)2)17-30-19-25(31(28(30)34)18-23-10-11-23)7-5-6-22-12-14-26(15-13-22)35-29(3,4)27(32)33;1-18-7-8-22(15-19(18)2)17-28-25(29)24(27(26(28)30)16-21-9-10-21)6-4-5-20-11-13-23(31-3)14-12-20/h8-9,12-16,19,23H,5-7,10-11,17-18H2,1-4H3,(H,32,33);7-8,11-15,21,24H,4-6,9-10,16-17H2,1-3H3. The average Bonchev–Trinajstić information content (AvgIpc) is 4.24. The molecule has 2 saturated carbocycles. The fourth-order valence-corrected chi connectivity index (χ4v) is 8.56. The number of amides is 3. The number of aryl methyl sites for hydroxylation is 7. The van der Waals surface area contributed by atoms with Crippen LogP contribution >= 0.6 is 0 Å². The average molecular weight is 897 g/mol. The number of methoxy groups -OCH3 is 1. The van der Waals surface area contributed by atoms with Crippen molar-refractivity contribution in [1.29, 1.82) is 0 Å². The number of urea groups is 1. The highest BCUT2D eigenvalue weighted by Gasteiger charge is 2.46. The number of hydrogen-bond donors (Lipinski definition) is 1. The molecule has 0 spiro atoms. The predicted octanol–water partition coefficient (Wildman–Crippen LogP) is 10.0. The summed E-state index contributed by atoms with van der Waals surface area (Å²) in [6, 6.07) is 27.8. The molecule has 1 saturated heterocycles. The molecule has 11 nitrogen and oxygen atoms in total. The minimum absolute atomic E-state index is 0.0430. The van der Waals surface area contributed by atoms with Crippen molar-refractivity contribution in [3.8, 4) is 11.5 Å². The molecule has 8 rings (SSSR count). The van der Waals surface area contributed by atoms with E-state index in [1.807, 2.05) is 62.7 Å². The maximum absolute atomic E-state index is 13.3. The van der Waals surface area contributed by atoms with Crippen LogP contribution in [0.25, 0.3) is 0 Å². The fraction of sp³-hybridized carbons (Fsp3) is 0.455. The van der Waals surface area contributed by atoms with Crippen LogP contribution in [-0.4, -0.2) is 67.2 Å². The van der Waals surface area contributed by atoms with Gasteiger partial charge in [0.25, 0.3) is 5.91 Å². The minimum Gasteiger partial charge on any atom is -0.497 e. The number of ether oxygens (including phenoxy) is 2. The molecular weight excluding hydrogens is 829 g/mol. The van der Waals surface area contributed by atoms with Crippen LogP contribution < -0.4 is 15.2 Å². The molecule has 3 amide bonds. The van der Waals surface area contributed by atoms with Gasteiger partial charge in [-0.25, -0.2) is 14.4 Å². The summed E-state index contributed by atoms with van der Waals surface area (Å²) in [4.78, 5) is 54.2. The molecule has 4 aromatic carbocycles. The molecule has 3 aliphatic rings. The highest BCUT2D eigenvalue weighted by Crippen LogP contribution is 2.34. The van der Waals surface area contributed by atoms with E-state index in [-0.39, 0.29) is 23.7 Å². The molecule has 0 radical (unpaired) electrons. The number of aliphatic carboxylic acids is 1. The lowest BCUT2D eigenvalue weighted by atomic mass is 10.0. The second kappa shape index (κ2) is 21.0. The van der Waals surface area contributed by atoms with Crippen LogP contribution in [0.4, 0.5) is 4.79 Å². The third kappa shape index (κ3) is 12.4. The summed E-state index contributed by atoms with van der Waals surface area (Å²) >= 11 is 0. The third-order valence-corrected chi connectivity index (χ3v) is 13.5. The van der Waals surface area contributed by atoms with Crippen LogP contribution in [0.15, 0.2) is 95.9 Å². The van der Waals surface area contributed by atoms with Gasteiger partial charge in [-0.1, -0.05) is 60.7 Å². The second-order valence-electron chi connectivity index (χ2n) is 19.4. The summed E-state index contributed by atoms with van der Waals surface area (Å²) in [6.45, 7) is 13.9. The Hall–Kier alpha value is -6.10. The van der Waals surface area contributed by atoms with Gasteiger partial charge in [-0.3, -0.25) is 18.8 Å². The van der Waals surface area contributed by atoms with Gasteiger partial charge in [-0.05, 0) is 186 Å². The Kier molecular flexibility index (Phi) is 15.2. The van der Waals surface area contributed by atoms with Gasteiger partial charge in [0.05, 0.1) is 20.2 Å². The number of imidazole rings is 1. The largest absolute Gasteiger partial charge is 0.497 e. The number of nitrogens with zero attached hydrogens (tertiary/aromatic N) is 4. The van der Waals surface area contributed by atoms with Gasteiger partial charge in [0, 0.05) is 25.0 Å². The van der Waals surface area contributed by atoms with Gasteiger partial charge in [-0.15, -0.1) is 0 Å². The van der Waals surface area contributed by atoms with Crippen LogP contribution in [0.5, 0.6) is 11.5 Å². The first-order valence-corrected chi connectivity index (χ1v) is 23.8. The van der Waals surface area contributed by atoms with Gasteiger partial charge in [-0.2, -0.15) is 0 Å². The lowest BCUT2D eigenvalue weighted by Gasteiger charge is -2.21. The third-order valence-electron chi connectivity index (χ3n) is 13.5. The van der Waals surface area contributed by atoms with Crippen molar-refractivity contribution >= 4 is 17.9 Å². The van der Waals surface area contributed by atoms with Crippen molar-refractivity contribution in [3.63, 3.8) is 0 Å². The lowest BCUT2D eigenvalue weighted by molar-refractivity contribution is -0.152. The normalized spacial score (nSPS) is 16.1. The van der Waals surface area contributed by atoms with Crippen molar-refractivity contribution in [1.82, 2.24) is 18.9 Å². The predicted molar refractivity (Wildman–Crippen MR) is 258 cm³/mol. The van der Waals surface area contributed by atoms with Crippen molar-refractivity contribution in [2.24, 2.45) is 11.8 Å². The van der Waals surface area contributed by atoms with E-state index >= 15 is 0 Å². The molecule has 2 heterocycles. The van der Waals surface area contributed by atoms with E-state index in [4.69, 9.17) is 9.47 Å². The molecule has 66 heavy (non-hydrogen) atoms. The maximum Gasteiger partial charge on any atom is 0.347 e. The summed E-state index contributed by atoms with van der Waals surface area (Å²) in [5.74, 6) is 1.54. The van der Waals surface area contributed by atoms with Gasteiger partial charge >= 0.3 is 17.7 Å². The number of carboxylic acids is 1. The SMILES string of the molecule is COc1ccc(CCCC2C(=O)N(Cc3ccc(C)c(C)c3)C(=O)N2CC2CC2)cc1.Cc1ccc(Cn2cc(CCCc3ccc(OC(C)(C)C(=O)O)cc3)n(CC3CC3)c2=O)cc1C. The number of carbonyl (C=O) groups excluding carboxylic acids is 2. The Morgan fingerprint density at radius 1 is 0.667 bits per heavy atom. The summed E-state index contributed by atoms with van der Waals surface area (Å²) in [5.41, 5.74) is 9.38. The van der Waals surface area contributed by atoms with Crippen molar-refractivity contribution in [2.45, 2.75) is 137 Å². The number of benzene rings is 4. The first-order valence-electron chi connectivity index (χ1n) is 23.8. The number of carboxylic acid groups (broad SMARTS) is 1. The van der Waals surface area contributed by atoms with E-state index in [1.54, 1.807) is 7.11 Å². The molecule has 1 aliphatic heterocycles. The zero-order valence-electron chi connectivity index (χ0n) is 40.0. The van der Waals surface area contributed by atoms with E-state index in [0.717, 1.165) is 79.6 Å². The number of hydrogen-bond acceptors (Lipinski definition) is 6. The van der Waals surface area contributed by atoms with Crippen molar-refractivity contribution < 1.29 is 29.0 Å². The number of aromatic nitrogens is 2. The van der Waals surface area contributed by atoms with Crippen LogP contribution in [0, 0.1) is 39.5 Å². The monoisotopic (exact) mass is 897 g/mol. The molecule has 1 atom stereocenters. The Bertz CT molecular complexity index is 2550. The maximum atomic E-state index is 13.3. The van der Waals surface area contributed by atoms with Crippen LogP contribution in [0.1, 0.15) is 109 Å². The van der Waals surface area contributed by atoms with E-state index in [0.29, 0.717) is 43.6 Å². The van der Waals surface area contributed by atoms with Gasteiger partial charge in [0.15, 0.2) is 5.60 Å². The van der Waals surface area contributed by atoms with Gasteiger partial charge in [0.1, 0.15) is 17.5 Å². The van der Waals surface area contributed by atoms with E-state index in [1.165, 1.54) is 59.4 Å². The minimum atomic E-state index is -1.27. The van der Waals surface area contributed by atoms with Crippen LogP contribution in [0.3, 0.4) is 0 Å². The zero-order chi connectivity index (χ0) is 47.1. The quantitative estimate of drug-likeness (QED) is 0.0772. The Morgan fingerprint density at radius 3 is 1.74 bits per heavy atom. The van der Waals surface area contributed by atoms with Gasteiger partial charge < -0.3 is 19.5 Å². The molecule has 1 aromatic heterocycles. The Balaban J connectivity index is 0.000000198. The smallest absolute Gasteiger partial charge is 0.347 e. The molecular formula is C55H68N4O7. The van der Waals surface area contributed by atoms with Crippen LogP contribution in [-0.2, 0) is 48.5 Å². The lowest BCUT2D eigenvalue weighted by Crippen LogP contribution is -2.37. The molecule has 1 N–H and O–H groups in total. The molecule has 3 fully saturated rings. The van der Waals surface area contributed by atoms with Crippen molar-refractivity contribution in [2.75, 3.05) is 13.7 Å². The first-order chi connectivity index (χ1) is 31.6. The Morgan fingerprint density at radius 2 is 1.20 bits per heavy atom. The molecule has 350 valence electrons.